The van der Waals surface area contributed by atoms with Gasteiger partial charge in [-0.25, -0.2) is 4.39 Å². The van der Waals surface area contributed by atoms with Crippen LogP contribution in [0.4, 0.5) is 4.39 Å². The number of halogens is 1. The number of fused-ring (bicyclic) bond motifs is 6. The molecule has 4 amide bonds. The molecule has 3 N–H and O–H groups in total. The van der Waals surface area contributed by atoms with Crippen LogP contribution in [-0.4, -0.2) is 128 Å². The minimum absolute atomic E-state index is 0. The van der Waals surface area contributed by atoms with Crippen LogP contribution in [-0.2, 0) is 40.2 Å². The number of hydrogen-bond donors (Lipinski definition) is 3. The first-order chi connectivity index (χ1) is 41.6. The lowest BCUT2D eigenvalue weighted by Crippen LogP contribution is -2.48. The molecule has 0 aromatic heterocycles. The van der Waals surface area contributed by atoms with Gasteiger partial charge in [-0.2, -0.15) is 0 Å². The van der Waals surface area contributed by atoms with Gasteiger partial charge in [-0.3, -0.25) is 19.2 Å². The Hall–Kier alpha value is -4.69. The second-order valence-corrected chi connectivity index (χ2v) is 30.5. The van der Waals surface area contributed by atoms with Crippen molar-refractivity contribution in [1.82, 2.24) is 35.6 Å². The highest BCUT2D eigenvalue weighted by Gasteiger charge is 2.46. The molecule has 3 spiro atoms. The SMILES string of the molecule is CC(=O)N1CCC(C(=O)N[C@@H]2CCC3(CCN(CCC(C)(C)C)CC3)c3ccccc32)CC1.CC(C)(C)CCN1CCC2(CC[C@@H](NC(=O)CC3CCOCC3)c3ccc(F)cc32)CC1.CCCN1CCC2(CC[C@H](NC(C)=O)c3ccccc32)CC1.[HH].[HH].[HH]. The number of ether oxygens (including phenoxy) is 1. The van der Waals surface area contributed by atoms with Crippen LogP contribution >= 0.6 is 0 Å². The number of nitrogens with zero attached hydrogens (tertiary/aromatic N) is 4. The van der Waals surface area contributed by atoms with Gasteiger partial charge in [-0.1, -0.05) is 103 Å². The van der Waals surface area contributed by atoms with E-state index in [0.29, 0.717) is 41.7 Å². The van der Waals surface area contributed by atoms with Gasteiger partial charge in [0.2, 0.25) is 23.6 Å². The van der Waals surface area contributed by atoms with Gasteiger partial charge in [-0.15, -0.1) is 0 Å². The van der Waals surface area contributed by atoms with E-state index in [1.165, 1.54) is 113 Å². The Bertz CT molecular complexity index is 2770. The lowest BCUT2D eigenvalue weighted by Gasteiger charge is -2.47. The number of carbonyl (C=O) groups is 4. The number of benzene rings is 3. The van der Waals surface area contributed by atoms with Crippen molar-refractivity contribution in [2.24, 2.45) is 22.7 Å². The zero-order valence-electron chi connectivity index (χ0n) is 55.3. The second-order valence-electron chi connectivity index (χ2n) is 30.5. The molecule has 3 atom stereocenters. The van der Waals surface area contributed by atoms with Gasteiger partial charge in [0.05, 0.1) is 18.1 Å². The Balaban J connectivity index is 0.000000216. The van der Waals surface area contributed by atoms with E-state index in [-0.39, 0.29) is 68.6 Å². The summed E-state index contributed by atoms with van der Waals surface area (Å²) in [7, 11) is 0. The van der Waals surface area contributed by atoms with Gasteiger partial charge in [0.15, 0.2) is 0 Å². The normalized spacial score (nSPS) is 24.1. The molecular weight excluding hydrogens is 1090 g/mol. The van der Waals surface area contributed by atoms with Gasteiger partial charge in [-0.05, 0) is 259 Å². The standard InChI is InChI=1S/C28H43N3O2.C27H41FN2O2.C19H28N2O.3H2/c1-21(32)31-16-10-22(11-17-31)26(33)29-25-9-12-28(24-8-6-5-7-23(24)25)14-19-30(20-15-28)18-13-27(2,3)4;1-26(2,3)10-13-30-14-11-27(12-15-30)9-6-24(22-5-4-21(28)19-23(22)27)29-25(31)18-20-7-16-32-17-8-20;1-3-12-21-13-10-19(11-14-21)9-8-18(20-15(2)22)16-6-4-5-7-17(16)19;;;/h5-8,22,25H,9-20H2,1-4H3,(H,29,33);4-5,19-20,24H,6-18H2,1-3H3,(H,29,31);4-7,18H,3,8-14H2,1-2H3,(H,20,22);3*1H/t25-;24-;18-;;;/m110.../s1. The maximum atomic E-state index is 14.4. The van der Waals surface area contributed by atoms with Gasteiger partial charge in [0, 0.05) is 56.8 Å². The molecule has 5 aliphatic heterocycles. The zero-order chi connectivity index (χ0) is 62.0. The largest absolute Gasteiger partial charge is 0.381 e. The molecule has 3 aromatic carbocycles. The molecule has 5 saturated heterocycles. The zero-order valence-corrected chi connectivity index (χ0v) is 55.3. The van der Waals surface area contributed by atoms with Crippen molar-refractivity contribution in [3.05, 3.63) is 106 Å². The third-order valence-corrected chi connectivity index (χ3v) is 22.0. The van der Waals surface area contributed by atoms with Crippen LogP contribution in [0.25, 0.3) is 0 Å². The van der Waals surface area contributed by atoms with Crippen molar-refractivity contribution in [2.75, 3.05) is 85.2 Å². The molecule has 13 heteroatoms. The fourth-order valence-electron chi connectivity index (χ4n) is 16.4. The van der Waals surface area contributed by atoms with Crippen molar-refractivity contribution in [3.63, 3.8) is 0 Å². The Kier molecular flexibility index (Phi) is 22.6. The fraction of sp³-hybridized carbons (Fsp3) is 0.703. The smallest absolute Gasteiger partial charge is 0.223 e. The molecular formula is C74H118FN7O5. The van der Waals surface area contributed by atoms with Crippen LogP contribution in [0.1, 0.15) is 247 Å². The van der Waals surface area contributed by atoms with E-state index in [2.05, 4.69) is 128 Å². The highest BCUT2D eigenvalue weighted by atomic mass is 19.1. The lowest BCUT2D eigenvalue weighted by molar-refractivity contribution is -0.134. The van der Waals surface area contributed by atoms with Gasteiger partial charge in [0.25, 0.3) is 0 Å². The number of amides is 4. The van der Waals surface area contributed by atoms with Crippen molar-refractivity contribution in [2.45, 2.75) is 225 Å². The number of hydrogen-bond acceptors (Lipinski definition) is 8. The van der Waals surface area contributed by atoms with Crippen molar-refractivity contribution < 1.29 is 32.6 Å². The highest BCUT2D eigenvalue weighted by molar-refractivity contribution is 5.80. The first-order valence-corrected chi connectivity index (χ1v) is 34.4. The summed E-state index contributed by atoms with van der Waals surface area (Å²) < 4.78 is 19.8. The molecule has 0 radical (unpaired) electrons. The molecule has 3 aliphatic carbocycles. The summed E-state index contributed by atoms with van der Waals surface area (Å²) in [6, 6.07) is 23.2. The van der Waals surface area contributed by atoms with Gasteiger partial charge < -0.3 is 40.3 Å². The maximum Gasteiger partial charge on any atom is 0.223 e. The second kappa shape index (κ2) is 29.5. The monoisotopic (exact) mass is 1200 g/mol. The van der Waals surface area contributed by atoms with E-state index < -0.39 is 0 Å². The maximum absolute atomic E-state index is 14.4. The van der Waals surface area contributed by atoms with Crippen LogP contribution in [0, 0.1) is 28.5 Å². The van der Waals surface area contributed by atoms with Crippen LogP contribution in [0.15, 0.2) is 66.7 Å². The van der Waals surface area contributed by atoms with E-state index >= 15 is 0 Å². The van der Waals surface area contributed by atoms with Crippen molar-refractivity contribution in [1.29, 1.82) is 0 Å². The summed E-state index contributed by atoms with van der Waals surface area (Å²) in [4.78, 5) is 58.7. The predicted molar refractivity (Wildman–Crippen MR) is 355 cm³/mol. The Morgan fingerprint density at radius 3 is 1.44 bits per heavy atom. The summed E-state index contributed by atoms with van der Waals surface area (Å²) in [5.74, 6) is 0.778. The topological polar surface area (TPSA) is 127 Å². The van der Waals surface area contributed by atoms with E-state index in [4.69, 9.17) is 4.74 Å². The molecule has 486 valence electrons. The summed E-state index contributed by atoms with van der Waals surface area (Å²) in [5, 5.41) is 9.84. The Labute approximate surface area is 528 Å². The molecule has 5 fully saturated rings. The average Bonchev–Trinajstić information content (AvgIpc) is 0.846. The molecule has 0 unspecified atom stereocenters. The molecule has 3 aromatic rings. The van der Waals surface area contributed by atoms with Crippen LogP contribution in [0.2, 0.25) is 0 Å². The average molecular weight is 1200 g/mol. The molecule has 11 rings (SSSR count). The minimum Gasteiger partial charge on any atom is -0.381 e. The summed E-state index contributed by atoms with van der Waals surface area (Å²) >= 11 is 0. The third-order valence-electron chi connectivity index (χ3n) is 22.0. The number of carbonyl (C=O) groups excluding carboxylic acids is 4. The summed E-state index contributed by atoms with van der Waals surface area (Å²) in [6.45, 7) is 32.8. The number of rotatable bonds is 12. The first-order valence-electron chi connectivity index (χ1n) is 34.4. The molecule has 0 saturated carbocycles. The molecule has 8 aliphatic rings. The molecule has 5 heterocycles. The van der Waals surface area contributed by atoms with Gasteiger partial charge in [0.1, 0.15) is 5.82 Å². The highest BCUT2D eigenvalue weighted by Crippen LogP contribution is 2.51. The fourth-order valence-corrected chi connectivity index (χ4v) is 16.4. The Morgan fingerprint density at radius 2 is 0.977 bits per heavy atom. The van der Waals surface area contributed by atoms with Crippen LogP contribution < -0.4 is 16.0 Å². The van der Waals surface area contributed by atoms with Crippen LogP contribution in [0.5, 0.6) is 0 Å². The molecule has 87 heavy (non-hydrogen) atoms. The first kappa shape index (κ1) is 66.7. The van der Waals surface area contributed by atoms with E-state index in [0.717, 1.165) is 115 Å². The number of nitrogens with one attached hydrogen (secondary N) is 3. The van der Waals surface area contributed by atoms with E-state index in [9.17, 15) is 23.6 Å². The molecule has 0 bridgehead atoms. The third kappa shape index (κ3) is 17.4. The number of likely N-dealkylation sites (tertiary alicyclic amines) is 4. The lowest BCUT2D eigenvalue weighted by atomic mass is 9.63. The quantitative estimate of drug-likeness (QED) is 0.164. The number of piperidine rings is 4. The minimum atomic E-state index is -0.160. The van der Waals surface area contributed by atoms with E-state index in [1.807, 2.05) is 11.0 Å². The van der Waals surface area contributed by atoms with Gasteiger partial charge >= 0.3 is 0 Å². The molecule has 12 nitrogen and oxygen atoms in total. The van der Waals surface area contributed by atoms with Crippen LogP contribution in [0.3, 0.4) is 0 Å². The summed E-state index contributed by atoms with van der Waals surface area (Å²) in [6.07, 6.45) is 21.3. The Morgan fingerprint density at radius 1 is 0.540 bits per heavy atom. The predicted octanol–water partition coefficient (Wildman–Crippen LogP) is 14.2. The van der Waals surface area contributed by atoms with E-state index in [1.54, 1.807) is 26.0 Å². The van der Waals surface area contributed by atoms with Crippen molar-refractivity contribution in [3.8, 4) is 0 Å². The van der Waals surface area contributed by atoms with Crippen molar-refractivity contribution >= 4 is 23.6 Å². The summed E-state index contributed by atoms with van der Waals surface area (Å²) in [5.41, 5.74) is 9.36.